The maximum atomic E-state index is 11.2. The Balaban J connectivity index is 1.49. The standard InChI is InChI=1S/C22H29N3O4/c1-16(26)23-12-19-7-8-22(29-19)14-25(9-10-28-15-22)13-18-11-17-5-3-4-6-20(17)24-21(18)27-2/h3-6,11,19H,7-10,12-15H2,1-2H3,(H,23,26)/t19-,22-/m1/s1. The molecular formula is C22H29N3O4. The van der Waals surface area contributed by atoms with Gasteiger partial charge in [-0.2, -0.15) is 0 Å². The molecule has 0 saturated carbocycles. The molecule has 2 atom stereocenters. The van der Waals surface area contributed by atoms with Crippen molar-refractivity contribution in [1.29, 1.82) is 0 Å². The van der Waals surface area contributed by atoms with Gasteiger partial charge in [0.05, 0.1) is 31.9 Å². The summed E-state index contributed by atoms with van der Waals surface area (Å²) in [6, 6.07) is 10.2. The number of benzene rings is 1. The van der Waals surface area contributed by atoms with Crippen LogP contribution >= 0.6 is 0 Å². The Morgan fingerprint density at radius 1 is 1.41 bits per heavy atom. The highest BCUT2D eigenvalue weighted by Gasteiger charge is 2.43. The van der Waals surface area contributed by atoms with Crippen LogP contribution in [0.4, 0.5) is 0 Å². The van der Waals surface area contributed by atoms with Gasteiger partial charge in [-0.1, -0.05) is 18.2 Å². The zero-order valence-electron chi connectivity index (χ0n) is 17.1. The van der Waals surface area contributed by atoms with Crippen LogP contribution in [-0.4, -0.2) is 67.5 Å². The van der Waals surface area contributed by atoms with Gasteiger partial charge >= 0.3 is 0 Å². The molecule has 0 bridgehead atoms. The van der Waals surface area contributed by atoms with Crippen LogP contribution in [0.1, 0.15) is 25.3 Å². The van der Waals surface area contributed by atoms with Crippen molar-refractivity contribution in [2.75, 3.05) is 40.0 Å². The van der Waals surface area contributed by atoms with E-state index in [1.165, 1.54) is 6.92 Å². The topological polar surface area (TPSA) is 72.9 Å². The fourth-order valence-corrected chi connectivity index (χ4v) is 4.31. The van der Waals surface area contributed by atoms with Crippen LogP contribution in [0.15, 0.2) is 30.3 Å². The fourth-order valence-electron chi connectivity index (χ4n) is 4.31. The quantitative estimate of drug-likeness (QED) is 0.830. The van der Waals surface area contributed by atoms with Gasteiger partial charge in [-0.15, -0.1) is 0 Å². The average Bonchev–Trinajstić information content (AvgIpc) is 3.00. The number of para-hydroxylation sites is 1. The number of pyridine rings is 1. The third kappa shape index (κ3) is 4.69. The Bertz CT molecular complexity index is 874. The van der Waals surface area contributed by atoms with E-state index in [2.05, 4.69) is 27.3 Å². The second-order valence-electron chi connectivity index (χ2n) is 8.01. The molecule has 2 aliphatic rings. The van der Waals surface area contributed by atoms with Gasteiger partial charge in [0.25, 0.3) is 0 Å². The Morgan fingerprint density at radius 3 is 3.10 bits per heavy atom. The Hall–Kier alpha value is -2.22. The molecule has 3 heterocycles. The third-order valence-corrected chi connectivity index (χ3v) is 5.70. The normalized spacial score (nSPS) is 25.2. The first kappa shape index (κ1) is 20.1. The summed E-state index contributed by atoms with van der Waals surface area (Å²) in [6.45, 7) is 5.70. The molecule has 1 N–H and O–H groups in total. The summed E-state index contributed by atoms with van der Waals surface area (Å²) in [5, 5.41) is 3.97. The lowest BCUT2D eigenvalue weighted by Gasteiger charge is -2.32. The molecule has 7 nitrogen and oxygen atoms in total. The van der Waals surface area contributed by atoms with Crippen molar-refractivity contribution in [1.82, 2.24) is 15.2 Å². The minimum absolute atomic E-state index is 0.0239. The van der Waals surface area contributed by atoms with E-state index in [0.29, 0.717) is 25.6 Å². The number of carbonyl (C=O) groups is 1. The van der Waals surface area contributed by atoms with Crippen molar-refractivity contribution < 1.29 is 19.0 Å². The molecule has 4 rings (SSSR count). The lowest BCUT2D eigenvalue weighted by atomic mass is 9.99. The average molecular weight is 399 g/mol. The lowest BCUT2D eigenvalue weighted by molar-refractivity contribution is -0.121. The number of methoxy groups -OCH3 is 1. The number of nitrogens with one attached hydrogen (secondary N) is 1. The summed E-state index contributed by atoms with van der Waals surface area (Å²) in [7, 11) is 1.67. The zero-order valence-corrected chi connectivity index (χ0v) is 17.1. The lowest BCUT2D eigenvalue weighted by Crippen LogP contribution is -2.45. The van der Waals surface area contributed by atoms with Gasteiger partial charge in [-0.3, -0.25) is 9.69 Å². The van der Waals surface area contributed by atoms with E-state index in [1.54, 1.807) is 7.11 Å². The predicted molar refractivity (Wildman–Crippen MR) is 110 cm³/mol. The summed E-state index contributed by atoms with van der Waals surface area (Å²) < 4.78 is 17.9. The summed E-state index contributed by atoms with van der Waals surface area (Å²) in [4.78, 5) is 18.3. The van der Waals surface area contributed by atoms with Crippen molar-refractivity contribution in [3.63, 3.8) is 0 Å². The fraction of sp³-hybridized carbons (Fsp3) is 0.545. The van der Waals surface area contributed by atoms with E-state index in [4.69, 9.17) is 14.2 Å². The molecule has 1 aromatic carbocycles. The van der Waals surface area contributed by atoms with Crippen LogP contribution in [0.5, 0.6) is 5.88 Å². The SMILES string of the molecule is COc1nc2ccccc2cc1CN1CCOC[C@@]2(CC[C@H](CNC(C)=O)O2)C1. The number of amides is 1. The molecule has 1 spiro atoms. The maximum Gasteiger partial charge on any atom is 0.218 e. The van der Waals surface area contributed by atoms with Crippen LogP contribution in [-0.2, 0) is 20.8 Å². The number of hydrogen-bond donors (Lipinski definition) is 1. The predicted octanol–water partition coefficient (Wildman–Crippen LogP) is 2.13. The smallest absolute Gasteiger partial charge is 0.218 e. The summed E-state index contributed by atoms with van der Waals surface area (Å²) in [6.07, 6.45) is 1.90. The molecule has 2 fully saturated rings. The summed E-state index contributed by atoms with van der Waals surface area (Å²) in [5.41, 5.74) is 1.68. The number of fused-ring (bicyclic) bond motifs is 1. The molecule has 1 amide bonds. The van der Waals surface area contributed by atoms with Crippen molar-refractivity contribution in [3.05, 3.63) is 35.9 Å². The summed E-state index contributed by atoms with van der Waals surface area (Å²) >= 11 is 0. The van der Waals surface area contributed by atoms with Crippen molar-refractivity contribution >= 4 is 16.8 Å². The second kappa shape index (κ2) is 8.65. The van der Waals surface area contributed by atoms with Gasteiger partial charge in [0.2, 0.25) is 11.8 Å². The van der Waals surface area contributed by atoms with Crippen LogP contribution in [0, 0.1) is 0 Å². The summed E-state index contributed by atoms with van der Waals surface area (Å²) in [5.74, 6) is 0.642. The first-order valence-electron chi connectivity index (χ1n) is 10.2. The number of rotatable bonds is 5. The third-order valence-electron chi connectivity index (χ3n) is 5.70. The van der Waals surface area contributed by atoms with E-state index in [1.807, 2.05) is 18.2 Å². The molecule has 156 valence electrons. The molecule has 2 aromatic rings. The van der Waals surface area contributed by atoms with Crippen LogP contribution < -0.4 is 10.1 Å². The van der Waals surface area contributed by atoms with E-state index >= 15 is 0 Å². The highest BCUT2D eigenvalue weighted by atomic mass is 16.6. The first-order chi connectivity index (χ1) is 14.1. The molecule has 7 heteroatoms. The van der Waals surface area contributed by atoms with Crippen LogP contribution in [0.25, 0.3) is 10.9 Å². The van der Waals surface area contributed by atoms with Crippen LogP contribution in [0.2, 0.25) is 0 Å². The van der Waals surface area contributed by atoms with Gasteiger partial charge in [0.15, 0.2) is 0 Å². The number of carbonyl (C=O) groups excluding carboxylic acids is 1. The molecule has 1 aromatic heterocycles. The van der Waals surface area contributed by atoms with Crippen LogP contribution in [0.3, 0.4) is 0 Å². The molecule has 29 heavy (non-hydrogen) atoms. The Kier molecular flexibility index (Phi) is 5.99. The molecule has 0 radical (unpaired) electrons. The van der Waals surface area contributed by atoms with Gasteiger partial charge in [0, 0.05) is 44.1 Å². The van der Waals surface area contributed by atoms with E-state index < -0.39 is 0 Å². The minimum atomic E-state index is -0.322. The molecular weight excluding hydrogens is 370 g/mol. The first-order valence-corrected chi connectivity index (χ1v) is 10.2. The Labute approximate surface area is 171 Å². The number of aromatic nitrogens is 1. The minimum Gasteiger partial charge on any atom is -0.481 e. The highest BCUT2D eigenvalue weighted by molar-refractivity contribution is 5.80. The second-order valence-corrected chi connectivity index (χ2v) is 8.01. The number of ether oxygens (including phenoxy) is 3. The van der Waals surface area contributed by atoms with Crippen molar-refractivity contribution in [2.45, 2.75) is 38.0 Å². The molecule has 0 aliphatic carbocycles. The number of hydrogen-bond acceptors (Lipinski definition) is 6. The van der Waals surface area contributed by atoms with Crippen molar-refractivity contribution in [2.24, 2.45) is 0 Å². The molecule has 2 aliphatic heterocycles. The van der Waals surface area contributed by atoms with Gasteiger partial charge in [-0.25, -0.2) is 4.98 Å². The monoisotopic (exact) mass is 399 g/mol. The zero-order chi connectivity index (χ0) is 20.3. The Morgan fingerprint density at radius 2 is 2.28 bits per heavy atom. The highest BCUT2D eigenvalue weighted by Crippen LogP contribution is 2.34. The van der Waals surface area contributed by atoms with Gasteiger partial charge in [-0.05, 0) is 25.0 Å². The van der Waals surface area contributed by atoms with Crippen molar-refractivity contribution in [3.8, 4) is 5.88 Å². The largest absolute Gasteiger partial charge is 0.481 e. The molecule has 2 saturated heterocycles. The molecule has 0 unspecified atom stereocenters. The van der Waals surface area contributed by atoms with E-state index in [-0.39, 0.29) is 17.6 Å². The van der Waals surface area contributed by atoms with E-state index in [0.717, 1.165) is 48.9 Å². The van der Waals surface area contributed by atoms with Gasteiger partial charge < -0.3 is 19.5 Å². The van der Waals surface area contributed by atoms with Gasteiger partial charge in [0.1, 0.15) is 5.60 Å². The maximum absolute atomic E-state index is 11.2. The van der Waals surface area contributed by atoms with E-state index in [9.17, 15) is 4.79 Å². The number of nitrogens with zero attached hydrogens (tertiary/aromatic N) is 2.